The summed E-state index contributed by atoms with van der Waals surface area (Å²) in [6, 6.07) is 2.47. The van der Waals surface area contributed by atoms with Crippen LogP contribution in [0.25, 0.3) is 0 Å². The van der Waals surface area contributed by atoms with Crippen molar-refractivity contribution in [2.75, 3.05) is 32.8 Å². The fraction of sp³-hybridized carbons (Fsp3) is 0.929. The van der Waals surface area contributed by atoms with E-state index in [1.807, 2.05) is 0 Å². The number of rotatable bonds is 6. The molecule has 1 rings (SSSR count). The van der Waals surface area contributed by atoms with Crippen LogP contribution in [-0.2, 0) is 4.74 Å². The minimum Gasteiger partial charge on any atom is -0.375 e. The molecule has 0 spiro atoms. The van der Waals surface area contributed by atoms with Crippen LogP contribution in [0.4, 0.5) is 0 Å². The van der Waals surface area contributed by atoms with Crippen LogP contribution in [0.1, 0.15) is 40.5 Å². The van der Waals surface area contributed by atoms with E-state index < -0.39 is 5.54 Å². The van der Waals surface area contributed by atoms with E-state index in [4.69, 9.17) is 4.74 Å². The number of nitriles is 1. The van der Waals surface area contributed by atoms with Crippen molar-refractivity contribution < 1.29 is 4.74 Å². The van der Waals surface area contributed by atoms with Gasteiger partial charge in [0.05, 0.1) is 18.3 Å². The van der Waals surface area contributed by atoms with Gasteiger partial charge in [0, 0.05) is 25.9 Å². The fourth-order valence-corrected chi connectivity index (χ4v) is 2.65. The lowest BCUT2D eigenvalue weighted by molar-refractivity contribution is -0.0761. The summed E-state index contributed by atoms with van der Waals surface area (Å²) in [7, 11) is 0. The Morgan fingerprint density at radius 3 is 2.50 bits per heavy atom. The molecule has 0 amide bonds. The molecule has 0 aromatic carbocycles. The average Bonchev–Trinajstić information content (AvgIpc) is 2.33. The average molecular weight is 253 g/mol. The molecule has 0 bridgehead atoms. The number of nitrogens with zero attached hydrogens (tertiary/aromatic N) is 2. The lowest BCUT2D eigenvalue weighted by atomic mass is 9.82. The summed E-state index contributed by atoms with van der Waals surface area (Å²) in [6.07, 6.45) is 1.54. The Labute approximate surface area is 111 Å². The number of likely N-dealkylation sites (N-methyl/N-ethyl adjacent to an activating group) is 1. The maximum absolute atomic E-state index is 9.47. The van der Waals surface area contributed by atoms with Crippen LogP contribution in [0.5, 0.6) is 0 Å². The smallest absolute Gasteiger partial charge is 0.111 e. The summed E-state index contributed by atoms with van der Waals surface area (Å²) in [5.74, 6) is 0. The van der Waals surface area contributed by atoms with Gasteiger partial charge in [-0.05, 0) is 26.9 Å². The molecular weight excluding hydrogens is 226 g/mol. The largest absolute Gasteiger partial charge is 0.375 e. The molecule has 0 radical (unpaired) electrons. The molecule has 1 atom stereocenters. The van der Waals surface area contributed by atoms with Gasteiger partial charge in [-0.25, -0.2) is 0 Å². The summed E-state index contributed by atoms with van der Waals surface area (Å²) in [5.41, 5.74) is -0.606. The van der Waals surface area contributed by atoms with Crippen molar-refractivity contribution in [2.45, 2.75) is 51.7 Å². The molecule has 1 fully saturated rings. The maximum Gasteiger partial charge on any atom is 0.111 e. The van der Waals surface area contributed by atoms with Gasteiger partial charge in [-0.1, -0.05) is 13.8 Å². The highest BCUT2D eigenvalue weighted by Crippen LogP contribution is 2.31. The molecule has 1 heterocycles. The van der Waals surface area contributed by atoms with Gasteiger partial charge >= 0.3 is 0 Å². The lowest BCUT2D eigenvalue weighted by Gasteiger charge is -2.41. The maximum atomic E-state index is 9.47. The van der Waals surface area contributed by atoms with Gasteiger partial charge in [0.2, 0.25) is 0 Å². The summed E-state index contributed by atoms with van der Waals surface area (Å²) in [5, 5.41) is 12.9. The van der Waals surface area contributed by atoms with Crippen molar-refractivity contribution >= 4 is 0 Å². The van der Waals surface area contributed by atoms with Crippen molar-refractivity contribution in [1.29, 1.82) is 5.26 Å². The zero-order chi connectivity index (χ0) is 13.6. The lowest BCUT2D eigenvalue weighted by Crippen LogP contribution is -2.55. The Hall–Kier alpha value is -0.630. The normalized spacial score (nSPS) is 27.1. The van der Waals surface area contributed by atoms with Gasteiger partial charge in [0.1, 0.15) is 5.54 Å². The highest BCUT2D eigenvalue weighted by Gasteiger charge is 2.40. The molecule has 4 heteroatoms. The zero-order valence-corrected chi connectivity index (χ0v) is 12.3. The standard InChI is InChI=1S/C14H27N3O/c1-5-17(6-2)9-8-16-14(12-15)7-10-18-13(3,4)11-14/h16H,5-11H2,1-4H3. The first-order chi connectivity index (χ1) is 8.47. The van der Waals surface area contributed by atoms with Gasteiger partial charge < -0.3 is 9.64 Å². The molecule has 4 nitrogen and oxygen atoms in total. The van der Waals surface area contributed by atoms with Crippen LogP contribution in [0.3, 0.4) is 0 Å². The predicted molar refractivity (Wildman–Crippen MR) is 73.4 cm³/mol. The van der Waals surface area contributed by atoms with E-state index in [1.54, 1.807) is 0 Å². The molecular formula is C14H27N3O. The zero-order valence-electron chi connectivity index (χ0n) is 12.3. The Bertz CT molecular complexity index is 294. The Morgan fingerprint density at radius 1 is 1.33 bits per heavy atom. The molecule has 104 valence electrons. The monoisotopic (exact) mass is 253 g/mol. The Kier molecular flexibility index (Phi) is 5.58. The van der Waals surface area contributed by atoms with E-state index in [2.05, 4.69) is 44.0 Å². The molecule has 18 heavy (non-hydrogen) atoms. The van der Waals surface area contributed by atoms with Crippen molar-refractivity contribution in [3.05, 3.63) is 0 Å². The van der Waals surface area contributed by atoms with Crippen molar-refractivity contribution in [2.24, 2.45) is 0 Å². The summed E-state index contributed by atoms with van der Waals surface area (Å²) in [4.78, 5) is 2.36. The van der Waals surface area contributed by atoms with Crippen molar-refractivity contribution in [3.63, 3.8) is 0 Å². The van der Waals surface area contributed by atoms with Gasteiger partial charge in [0.25, 0.3) is 0 Å². The highest BCUT2D eigenvalue weighted by atomic mass is 16.5. The van der Waals surface area contributed by atoms with Crippen LogP contribution in [0.2, 0.25) is 0 Å². The van der Waals surface area contributed by atoms with Gasteiger partial charge in [-0.2, -0.15) is 5.26 Å². The van der Waals surface area contributed by atoms with Crippen LogP contribution in [0, 0.1) is 11.3 Å². The molecule has 1 saturated heterocycles. The third-order valence-corrected chi connectivity index (χ3v) is 3.75. The molecule has 0 aromatic rings. The molecule has 0 aromatic heterocycles. The topological polar surface area (TPSA) is 48.3 Å². The number of ether oxygens (including phenoxy) is 1. The van der Waals surface area contributed by atoms with Crippen LogP contribution in [-0.4, -0.2) is 48.8 Å². The molecule has 0 aliphatic carbocycles. The van der Waals surface area contributed by atoms with E-state index in [0.717, 1.165) is 39.0 Å². The van der Waals surface area contributed by atoms with Crippen LogP contribution >= 0.6 is 0 Å². The first-order valence-corrected chi connectivity index (χ1v) is 6.99. The van der Waals surface area contributed by atoms with Crippen LogP contribution < -0.4 is 5.32 Å². The minimum atomic E-state index is -0.408. The summed E-state index contributed by atoms with van der Waals surface area (Å²) in [6.45, 7) is 13.1. The van der Waals surface area contributed by atoms with Gasteiger partial charge in [0.15, 0.2) is 0 Å². The highest BCUT2D eigenvalue weighted by molar-refractivity contribution is 5.11. The minimum absolute atomic E-state index is 0.198. The number of hydrogen-bond acceptors (Lipinski definition) is 4. The second-order valence-corrected chi connectivity index (χ2v) is 5.68. The summed E-state index contributed by atoms with van der Waals surface area (Å²) < 4.78 is 5.69. The predicted octanol–water partition coefficient (Wildman–Crippen LogP) is 1.77. The molecule has 0 saturated carbocycles. The fourth-order valence-electron chi connectivity index (χ4n) is 2.65. The third-order valence-electron chi connectivity index (χ3n) is 3.75. The molecule has 1 aliphatic rings. The van der Waals surface area contributed by atoms with Crippen molar-refractivity contribution in [3.8, 4) is 6.07 Å². The third kappa shape index (κ3) is 4.24. The molecule has 1 unspecified atom stereocenters. The van der Waals surface area contributed by atoms with E-state index in [0.29, 0.717) is 6.61 Å². The second-order valence-electron chi connectivity index (χ2n) is 5.68. The first kappa shape index (κ1) is 15.4. The van der Waals surface area contributed by atoms with E-state index in [9.17, 15) is 5.26 Å². The number of hydrogen-bond donors (Lipinski definition) is 1. The SMILES string of the molecule is CCN(CC)CCNC1(C#N)CCOC(C)(C)C1. The van der Waals surface area contributed by atoms with Gasteiger partial charge in [-0.3, -0.25) is 5.32 Å². The summed E-state index contributed by atoms with van der Waals surface area (Å²) >= 11 is 0. The molecule has 1 N–H and O–H groups in total. The quantitative estimate of drug-likeness (QED) is 0.784. The molecule has 1 aliphatic heterocycles. The van der Waals surface area contributed by atoms with E-state index in [-0.39, 0.29) is 5.60 Å². The van der Waals surface area contributed by atoms with Crippen LogP contribution in [0.15, 0.2) is 0 Å². The van der Waals surface area contributed by atoms with Gasteiger partial charge in [-0.15, -0.1) is 0 Å². The number of nitrogens with one attached hydrogen (secondary N) is 1. The van der Waals surface area contributed by atoms with E-state index in [1.165, 1.54) is 0 Å². The first-order valence-electron chi connectivity index (χ1n) is 6.99. The van der Waals surface area contributed by atoms with Crippen molar-refractivity contribution in [1.82, 2.24) is 10.2 Å². The Balaban J connectivity index is 2.49. The Morgan fingerprint density at radius 2 is 2.00 bits per heavy atom. The van der Waals surface area contributed by atoms with E-state index >= 15 is 0 Å². The second kappa shape index (κ2) is 6.51.